The van der Waals surface area contributed by atoms with Crippen LogP contribution in [-0.2, 0) is 6.42 Å². The average molecular weight is 273 g/mol. The summed E-state index contributed by atoms with van der Waals surface area (Å²) in [4.78, 5) is 4.47. The summed E-state index contributed by atoms with van der Waals surface area (Å²) in [7, 11) is 0. The van der Waals surface area contributed by atoms with E-state index in [1.165, 1.54) is 17.3 Å². The van der Waals surface area contributed by atoms with Gasteiger partial charge in [-0.25, -0.2) is 4.98 Å². The number of hydrogen-bond acceptors (Lipinski definition) is 6. The maximum absolute atomic E-state index is 8.48. The molecule has 0 radical (unpaired) electrons. The van der Waals surface area contributed by atoms with E-state index in [0.29, 0.717) is 10.9 Å². The predicted octanol–water partition coefficient (Wildman–Crippen LogP) is 1.28. The lowest BCUT2D eigenvalue weighted by molar-refractivity contribution is 0.318. The molecule has 1 heterocycles. The number of oxime groups is 1. The van der Waals surface area contributed by atoms with Crippen molar-refractivity contribution in [3.63, 3.8) is 0 Å². The van der Waals surface area contributed by atoms with E-state index in [1.807, 2.05) is 18.2 Å². The first-order chi connectivity index (χ1) is 9.28. The maximum Gasteiger partial charge on any atom is 0.209 e. The minimum atomic E-state index is 0.136. The molecule has 0 bridgehead atoms. The fourth-order valence-electron chi connectivity index (χ4n) is 1.99. The second-order valence-electron chi connectivity index (χ2n) is 4.10. The number of amidine groups is 1. The minimum Gasteiger partial charge on any atom is -0.409 e. The number of aromatic nitrogens is 3. The molecule has 0 spiro atoms. The number of hydrogen-bond donors (Lipinski definition) is 2. The predicted molar refractivity (Wildman–Crippen MR) is 72.2 cm³/mol. The normalized spacial score (nSPS) is 13.2. The van der Waals surface area contributed by atoms with Gasteiger partial charge in [0.2, 0.25) is 5.16 Å². The molecule has 0 saturated heterocycles. The van der Waals surface area contributed by atoms with E-state index in [9.17, 15) is 0 Å². The standard InChI is InChI=1S/C12H11N5OS/c13-10(17-18)6-19-12-14-9-5-7-3-1-2-4-8(7)11(9)15-16-12/h1-4,18H,5-6H2,(H2,13,17). The summed E-state index contributed by atoms with van der Waals surface area (Å²) in [6.07, 6.45) is 0.776. The zero-order valence-electron chi connectivity index (χ0n) is 9.95. The Morgan fingerprint density at radius 1 is 1.37 bits per heavy atom. The molecule has 0 atom stereocenters. The molecule has 1 aliphatic carbocycles. The van der Waals surface area contributed by atoms with E-state index in [4.69, 9.17) is 10.9 Å². The van der Waals surface area contributed by atoms with Crippen molar-refractivity contribution >= 4 is 17.6 Å². The largest absolute Gasteiger partial charge is 0.409 e. The molecule has 3 rings (SSSR count). The Morgan fingerprint density at radius 3 is 3.05 bits per heavy atom. The third kappa shape index (κ3) is 2.24. The fraction of sp³-hybridized carbons (Fsp3) is 0.167. The van der Waals surface area contributed by atoms with Crippen molar-refractivity contribution in [2.75, 3.05) is 5.75 Å². The van der Waals surface area contributed by atoms with Crippen LogP contribution < -0.4 is 5.73 Å². The van der Waals surface area contributed by atoms with Gasteiger partial charge < -0.3 is 10.9 Å². The second-order valence-corrected chi connectivity index (χ2v) is 5.05. The van der Waals surface area contributed by atoms with Gasteiger partial charge in [0.05, 0.1) is 11.4 Å². The Hall–Kier alpha value is -2.15. The lowest BCUT2D eigenvalue weighted by Gasteiger charge is -2.01. The smallest absolute Gasteiger partial charge is 0.209 e. The van der Waals surface area contributed by atoms with E-state index >= 15 is 0 Å². The molecule has 0 amide bonds. The monoisotopic (exact) mass is 273 g/mol. The summed E-state index contributed by atoms with van der Waals surface area (Å²) in [5.41, 5.74) is 9.51. The lowest BCUT2D eigenvalue weighted by Crippen LogP contribution is -2.14. The summed E-state index contributed by atoms with van der Waals surface area (Å²) in [5, 5.41) is 20.2. The summed E-state index contributed by atoms with van der Waals surface area (Å²) in [5.74, 6) is 0.474. The van der Waals surface area contributed by atoms with Crippen LogP contribution in [0.15, 0.2) is 34.6 Å². The van der Waals surface area contributed by atoms with Crippen molar-refractivity contribution in [3.05, 3.63) is 35.5 Å². The van der Waals surface area contributed by atoms with Gasteiger partial charge in [-0.1, -0.05) is 41.2 Å². The molecule has 19 heavy (non-hydrogen) atoms. The molecule has 96 valence electrons. The van der Waals surface area contributed by atoms with Crippen LogP contribution >= 0.6 is 11.8 Å². The Kier molecular flexibility index (Phi) is 3.04. The quantitative estimate of drug-likeness (QED) is 0.245. The number of nitrogens with zero attached hydrogens (tertiary/aromatic N) is 4. The molecule has 3 N–H and O–H groups in total. The number of nitrogens with two attached hydrogens (primary N) is 1. The van der Waals surface area contributed by atoms with Gasteiger partial charge in [0.15, 0.2) is 0 Å². The zero-order valence-corrected chi connectivity index (χ0v) is 10.8. The Bertz CT molecular complexity index is 658. The first-order valence-corrected chi connectivity index (χ1v) is 6.67. The van der Waals surface area contributed by atoms with Crippen LogP contribution in [0, 0.1) is 0 Å². The van der Waals surface area contributed by atoms with Gasteiger partial charge in [0.1, 0.15) is 11.5 Å². The summed E-state index contributed by atoms with van der Waals surface area (Å²) in [6.45, 7) is 0. The fourth-order valence-corrected chi connectivity index (χ4v) is 2.60. The van der Waals surface area contributed by atoms with Crippen LogP contribution in [0.4, 0.5) is 0 Å². The van der Waals surface area contributed by atoms with Gasteiger partial charge in [0.25, 0.3) is 0 Å². The Labute approximate surface area is 113 Å². The SMILES string of the molecule is N/C(CSc1nnc2c(n1)Cc1ccccc1-2)=N\O. The van der Waals surface area contributed by atoms with E-state index in [0.717, 1.165) is 23.4 Å². The van der Waals surface area contributed by atoms with Crippen molar-refractivity contribution in [3.8, 4) is 11.3 Å². The van der Waals surface area contributed by atoms with Crippen LogP contribution in [0.5, 0.6) is 0 Å². The highest BCUT2D eigenvalue weighted by Crippen LogP contribution is 2.33. The molecule has 1 aromatic heterocycles. The molecule has 6 nitrogen and oxygen atoms in total. The highest BCUT2D eigenvalue weighted by molar-refractivity contribution is 7.99. The third-order valence-corrected chi connectivity index (χ3v) is 3.72. The molecular formula is C12H11N5OS. The summed E-state index contributed by atoms with van der Waals surface area (Å²) >= 11 is 1.30. The second kappa shape index (κ2) is 4.85. The van der Waals surface area contributed by atoms with E-state index in [-0.39, 0.29) is 5.84 Å². The first kappa shape index (κ1) is 11.9. The molecule has 0 fully saturated rings. The average Bonchev–Trinajstić information content (AvgIpc) is 2.82. The molecule has 0 unspecified atom stereocenters. The van der Waals surface area contributed by atoms with Gasteiger partial charge in [-0.2, -0.15) is 0 Å². The van der Waals surface area contributed by atoms with Crippen molar-refractivity contribution in [1.29, 1.82) is 0 Å². The highest BCUT2D eigenvalue weighted by Gasteiger charge is 2.21. The maximum atomic E-state index is 8.48. The van der Waals surface area contributed by atoms with Crippen molar-refractivity contribution in [1.82, 2.24) is 15.2 Å². The molecule has 7 heteroatoms. The van der Waals surface area contributed by atoms with Gasteiger partial charge in [-0.05, 0) is 5.56 Å². The van der Waals surface area contributed by atoms with Gasteiger partial charge in [-0.15, -0.1) is 10.2 Å². The number of benzene rings is 1. The van der Waals surface area contributed by atoms with Crippen LogP contribution in [0.1, 0.15) is 11.3 Å². The van der Waals surface area contributed by atoms with Crippen LogP contribution in [-0.4, -0.2) is 32.0 Å². The topological polar surface area (TPSA) is 97.3 Å². The lowest BCUT2D eigenvalue weighted by atomic mass is 10.1. The van der Waals surface area contributed by atoms with E-state index < -0.39 is 0 Å². The van der Waals surface area contributed by atoms with E-state index in [1.54, 1.807) is 0 Å². The molecule has 0 aliphatic heterocycles. The molecule has 1 aliphatic rings. The minimum absolute atomic E-state index is 0.136. The van der Waals surface area contributed by atoms with Gasteiger partial charge >= 0.3 is 0 Å². The van der Waals surface area contributed by atoms with Crippen molar-refractivity contribution in [2.45, 2.75) is 11.6 Å². The molecule has 2 aromatic rings. The van der Waals surface area contributed by atoms with Crippen LogP contribution in [0.2, 0.25) is 0 Å². The van der Waals surface area contributed by atoms with Gasteiger partial charge in [-0.3, -0.25) is 0 Å². The third-order valence-electron chi connectivity index (χ3n) is 2.85. The van der Waals surface area contributed by atoms with Crippen molar-refractivity contribution in [2.24, 2.45) is 10.9 Å². The molecule has 0 saturated carbocycles. The number of thioether (sulfide) groups is 1. The van der Waals surface area contributed by atoms with Gasteiger partial charge in [0, 0.05) is 12.0 Å². The summed E-state index contributed by atoms with van der Waals surface area (Å²) in [6, 6.07) is 8.09. The van der Waals surface area contributed by atoms with E-state index in [2.05, 4.69) is 26.4 Å². The number of fused-ring (bicyclic) bond motifs is 3. The van der Waals surface area contributed by atoms with Crippen LogP contribution in [0.25, 0.3) is 11.3 Å². The molecular weight excluding hydrogens is 262 g/mol. The van der Waals surface area contributed by atoms with Crippen molar-refractivity contribution < 1.29 is 5.21 Å². The Balaban J connectivity index is 1.85. The highest BCUT2D eigenvalue weighted by atomic mass is 32.2. The Morgan fingerprint density at radius 2 is 2.21 bits per heavy atom. The zero-order chi connectivity index (χ0) is 13.2. The van der Waals surface area contributed by atoms with Crippen LogP contribution in [0.3, 0.4) is 0 Å². The summed E-state index contributed by atoms with van der Waals surface area (Å²) < 4.78 is 0. The molecule has 1 aromatic carbocycles. The number of rotatable bonds is 3. The first-order valence-electron chi connectivity index (χ1n) is 5.69.